The molecule has 0 saturated carbocycles. The SMILES string of the molecule is C=C(CC(=O)OC(=O)/C=C\C(=O)O)C(=O)O. The van der Waals surface area contributed by atoms with Crippen LogP contribution in [0.3, 0.4) is 0 Å². The highest BCUT2D eigenvalue weighted by atomic mass is 16.6. The molecule has 7 nitrogen and oxygen atoms in total. The fourth-order valence-electron chi connectivity index (χ4n) is 0.571. The van der Waals surface area contributed by atoms with Crippen molar-refractivity contribution in [2.75, 3.05) is 0 Å². The third-order valence-corrected chi connectivity index (χ3v) is 1.24. The van der Waals surface area contributed by atoms with Crippen molar-refractivity contribution in [3.05, 3.63) is 24.3 Å². The van der Waals surface area contributed by atoms with E-state index >= 15 is 0 Å². The quantitative estimate of drug-likeness (QED) is 0.377. The van der Waals surface area contributed by atoms with Gasteiger partial charge in [0.15, 0.2) is 0 Å². The third-order valence-electron chi connectivity index (χ3n) is 1.24. The summed E-state index contributed by atoms with van der Waals surface area (Å²) < 4.78 is 4.07. The second-order valence-corrected chi connectivity index (χ2v) is 2.55. The van der Waals surface area contributed by atoms with Crippen LogP contribution in [0, 0.1) is 0 Å². The first-order valence-corrected chi connectivity index (χ1v) is 3.89. The van der Waals surface area contributed by atoms with Gasteiger partial charge in [-0.1, -0.05) is 6.58 Å². The Bertz CT molecular complexity index is 377. The Morgan fingerprint density at radius 3 is 2.12 bits per heavy atom. The smallest absolute Gasteiger partial charge is 0.338 e. The van der Waals surface area contributed by atoms with E-state index in [0.29, 0.717) is 12.2 Å². The number of carbonyl (C=O) groups excluding carboxylic acids is 2. The van der Waals surface area contributed by atoms with Crippen molar-refractivity contribution in [3.8, 4) is 0 Å². The van der Waals surface area contributed by atoms with Crippen LogP contribution < -0.4 is 0 Å². The summed E-state index contributed by atoms with van der Waals surface area (Å²) in [5, 5.41) is 16.5. The molecule has 0 spiro atoms. The molecule has 7 heteroatoms. The first kappa shape index (κ1) is 13.6. The Kier molecular flexibility index (Phi) is 5.19. The average molecular weight is 228 g/mol. The first-order chi connectivity index (χ1) is 7.32. The molecule has 0 radical (unpaired) electrons. The van der Waals surface area contributed by atoms with Gasteiger partial charge in [0.2, 0.25) is 0 Å². The van der Waals surface area contributed by atoms with Crippen LogP contribution >= 0.6 is 0 Å². The van der Waals surface area contributed by atoms with Crippen LogP contribution in [0.1, 0.15) is 6.42 Å². The fourth-order valence-corrected chi connectivity index (χ4v) is 0.571. The number of carboxylic acids is 2. The Morgan fingerprint density at radius 1 is 1.12 bits per heavy atom. The van der Waals surface area contributed by atoms with Crippen molar-refractivity contribution in [1.82, 2.24) is 0 Å². The summed E-state index contributed by atoms with van der Waals surface area (Å²) in [6, 6.07) is 0. The molecule has 16 heavy (non-hydrogen) atoms. The molecule has 0 aromatic heterocycles. The molecule has 0 aromatic carbocycles. The molecule has 0 fully saturated rings. The number of aliphatic carboxylic acids is 2. The maximum atomic E-state index is 10.9. The third kappa shape index (κ3) is 6.08. The van der Waals surface area contributed by atoms with E-state index in [0.717, 1.165) is 0 Å². The minimum Gasteiger partial charge on any atom is -0.478 e. The summed E-state index contributed by atoms with van der Waals surface area (Å²) in [6.45, 7) is 3.05. The lowest BCUT2D eigenvalue weighted by Gasteiger charge is -1.99. The lowest BCUT2D eigenvalue weighted by Crippen LogP contribution is -2.13. The van der Waals surface area contributed by atoms with Crippen LogP contribution in [0.5, 0.6) is 0 Å². The zero-order valence-corrected chi connectivity index (χ0v) is 8.00. The van der Waals surface area contributed by atoms with Crippen molar-refractivity contribution in [2.45, 2.75) is 6.42 Å². The van der Waals surface area contributed by atoms with E-state index in [2.05, 4.69) is 11.3 Å². The maximum Gasteiger partial charge on any atom is 0.338 e. The topological polar surface area (TPSA) is 118 Å². The summed E-state index contributed by atoms with van der Waals surface area (Å²) in [4.78, 5) is 41.8. The molecule has 0 amide bonds. The molecule has 0 atom stereocenters. The zero-order valence-electron chi connectivity index (χ0n) is 8.00. The van der Waals surface area contributed by atoms with Crippen LogP contribution in [0.15, 0.2) is 24.3 Å². The lowest BCUT2D eigenvalue weighted by molar-refractivity contribution is -0.156. The van der Waals surface area contributed by atoms with E-state index in [1.165, 1.54) is 0 Å². The highest BCUT2D eigenvalue weighted by molar-refractivity contribution is 5.98. The number of rotatable bonds is 5. The molecule has 0 aliphatic carbocycles. The van der Waals surface area contributed by atoms with Gasteiger partial charge in [-0.05, 0) is 0 Å². The van der Waals surface area contributed by atoms with Crippen molar-refractivity contribution in [3.63, 3.8) is 0 Å². The molecule has 0 aliphatic rings. The Morgan fingerprint density at radius 2 is 1.69 bits per heavy atom. The average Bonchev–Trinajstić information content (AvgIpc) is 2.14. The molecule has 0 heterocycles. The molecular weight excluding hydrogens is 220 g/mol. The highest BCUT2D eigenvalue weighted by Gasteiger charge is 2.13. The standard InChI is InChI=1S/C9H8O7/c1-5(9(14)15)4-8(13)16-7(12)3-2-6(10)11/h2-3H,1,4H2,(H,10,11)(H,14,15)/b3-2-. The maximum absolute atomic E-state index is 10.9. The van der Waals surface area contributed by atoms with Crippen molar-refractivity contribution in [2.24, 2.45) is 0 Å². The van der Waals surface area contributed by atoms with Crippen LogP contribution in [0.4, 0.5) is 0 Å². The largest absolute Gasteiger partial charge is 0.478 e. The molecular formula is C9H8O7. The van der Waals surface area contributed by atoms with Gasteiger partial charge in [0.05, 0.1) is 6.42 Å². The second kappa shape index (κ2) is 6.12. The summed E-state index contributed by atoms with van der Waals surface area (Å²) >= 11 is 0. The van der Waals surface area contributed by atoms with Crippen LogP contribution in [0.2, 0.25) is 0 Å². The van der Waals surface area contributed by atoms with Gasteiger partial charge >= 0.3 is 23.9 Å². The summed E-state index contributed by atoms with van der Waals surface area (Å²) in [5.74, 6) is -5.07. The summed E-state index contributed by atoms with van der Waals surface area (Å²) in [5.41, 5.74) is -0.431. The normalized spacial score (nSPS) is 9.75. The van der Waals surface area contributed by atoms with Gasteiger partial charge < -0.3 is 14.9 Å². The molecule has 86 valence electrons. The number of carbonyl (C=O) groups is 4. The van der Waals surface area contributed by atoms with Crippen LogP contribution in [-0.4, -0.2) is 34.1 Å². The van der Waals surface area contributed by atoms with Gasteiger partial charge in [-0.3, -0.25) is 4.79 Å². The van der Waals surface area contributed by atoms with E-state index in [9.17, 15) is 19.2 Å². The minimum absolute atomic E-state index is 0.431. The number of hydrogen-bond acceptors (Lipinski definition) is 5. The zero-order chi connectivity index (χ0) is 12.7. The summed E-state index contributed by atoms with van der Waals surface area (Å²) in [7, 11) is 0. The van der Waals surface area contributed by atoms with E-state index in [1.807, 2.05) is 0 Å². The molecule has 0 bridgehead atoms. The molecule has 0 aromatic rings. The predicted molar refractivity (Wildman–Crippen MR) is 49.3 cm³/mol. The highest BCUT2D eigenvalue weighted by Crippen LogP contribution is 2.00. The van der Waals surface area contributed by atoms with E-state index < -0.39 is 35.9 Å². The second-order valence-electron chi connectivity index (χ2n) is 2.55. The van der Waals surface area contributed by atoms with Crippen molar-refractivity contribution < 1.29 is 34.1 Å². The molecule has 0 unspecified atom stereocenters. The predicted octanol–water partition coefficient (Wildman–Crippen LogP) is -0.272. The fraction of sp³-hybridized carbons (Fsp3) is 0.111. The molecule has 0 saturated heterocycles. The van der Waals surface area contributed by atoms with Gasteiger partial charge in [-0.2, -0.15) is 0 Å². The Hall–Kier alpha value is -2.44. The molecule has 2 N–H and O–H groups in total. The Labute approximate surface area is 89.6 Å². The monoisotopic (exact) mass is 228 g/mol. The van der Waals surface area contributed by atoms with Crippen molar-refractivity contribution in [1.29, 1.82) is 0 Å². The van der Waals surface area contributed by atoms with E-state index in [1.54, 1.807) is 0 Å². The first-order valence-electron chi connectivity index (χ1n) is 3.89. The number of ether oxygens (including phenoxy) is 1. The van der Waals surface area contributed by atoms with Gasteiger partial charge in [0.25, 0.3) is 0 Å². The number of carboxylic acid groups (broad SMARTS) is 2. The Balaban J connectivity index is 4.16. The number of esters is 2. The minimum atomic E-state index is -1.38. The van der Waals surface area contributed by atoms with Gasteiger partial charge in [-0.25, -0.2) is 14.4 Å². The molecule has 0 rings (SSSR count). The number of hydrogen-bond donors (Lipinski definition) is 2. The summed E-state index contributed by atoms with van der Waals surface area (Å²) in [6.07, 6.45) is 0.368. The van der Waals surface area contributed by atoms with Crippen LogP contribution in [0.25, 0.3) is 0 Å². The van der Waals surface area contributed by atoms with Gasteiger partial charge in [0, 0.05) is 17.7 Å². The van der Waals surface area contributed by atoms with Gasteiger partial charge in [0.1, 0.15) is 0 Å². The van der Waals surface area contributed by atoms with Crippen LogP contribution in [-0.2, 0) is 23.9 Å². The molecule has 0 aliphatic heterocycles. The van der Waals surface area contributed by atoms with Crippen molar-refractivity contribution >= 4 is 23.9 Å². The van der Waals surface area contributed by atoms with E-state index in [-0.39, 0.29) is 0 Å². The lowest BCUT2D eigenvalue weighted by atomic mass is 10.2. The van der Waals surface area contributed by atoms with Gasteiger partial charge in [-0.15, -0.1) is 0 Å². The van der Waals surface area contributed by atoms with E-state index in [4.69, 9.17) is 10.2 Å².